The molecule has 0 aliphatic carbocycles. The molecule has 0 spiro atoms. The molecule has 19 heavy (non-hydrogen) atoms. The molecular formula is C13H14N2O4. The zero-order chi connectivity index (χ0) is 13.8. The van der Waals surface area contributed by atoms with Crippen molar-refractivity contribution in [3.05, 3.63) is 40.7 Å². The predicted octanol–water partition coefficient (Wildman–Crippen LogP) is 0.259. The van der Waals surface area contributed by atoms with Gasteiger partial charge in [0.15, 0.2) is 5.88 Å². The lowest BCUT2D eigenvalue weighted by molar-refractivity contribution is -0.136. The molecule has 6 heteroatoms. The predicted molar refractivity (Wildman–Crippen MR) is 67.5 cm³/mol. The zero-order valence-corrected chi connectivity index (χ0v) is 10.3. The van der Waals surface area contributed by atoms with Gasteiger partial charge >= 0.3 is 0 Å². The highest BCUT2D eigenvalue weighted by Gasteiger charge is 2.22. The van der Waals surface area contributed by atoms with Gasteiger partial charge in [0, 0.05) is 31.3 Å². The number of imide groups is 1. The van der Waals surface area contributed by atoms with Gasteiger partial charge in [-0.3, -0.25) is 23.9 Å². The molecule has 1 aliphatic heterocycles. The van der Waals surface area contributed by atoms with Crippen LogP contribution in [0.1, 0.15) is 12.8 Å². The molecule has 0 unspecified atom stereocenters. The Hall–Kier alpha value is -2.37. The fourth-order valence-electron chi connectivity index (χ4n) is 1.93. The van der Waals surface area contributed by atoms with Crippen molar-refractivity contribution in [3.63, 3.8) is 0 Å². The summed E-state index contributed by atoms with van der Waals surface area (Å²) in [6, 6.07) is 4.30. The van der Waals surface area contributed by atoms with Crippen molar-refractivity contribution in [1.29, 1.82) is 0 Å². The summed E-state index contributed by atoms with van der Waals surface area (Å²) in [5.41, 5.74) is -0.269. The quantitative estimate of drug-likeness (QED) is 0.609. The fraction of sp³-hybridized carbons (Fsp3) is 0.308. The molecule has 6 nitrogen and oxygen atoms in total. The number of carbonyl (C=O) groups is 2. The van der Waals surface area contributed by atoms with Gasteiger partial charge in [-0.2, -0.15) is 0 Å². The van der Waals surface area contributed by atoms with Crippen LogP contribution in [-0.4, -0.2) is 32.9 Å². The summed E-state index contributed by atoms with van der Waals surface area (Å²) >= 11 is 0. The van der Waals surface area contributed by atoms with Crippen LogP contribution in [0.4, 0.5) is 0 Å². The summed E-state index contributed by atoms with van der Waals surface area (Å²) in [5.74, 6) is -0.683. The van der Waals surface area contributed by atoms with Gasteiger partial charge < -0.3 is 5.11 Å². The molecule has 0 saturated carbocycles. The van der Waals surface area contributed by atoms with Gasteiger partial charge in [-0.15, -0.1) is 0 Å². The Kier molecular flexibility index (Phi) is 3.79. The van der Waals surface area contributed by atoms with E-state index in [9.17, 15) is 19.5 Å². The van der Waals surface area contributed by atoms with Crippen molar-refractivity contribution in [2.75, 3.05) is 6.54 Å². The molecule has 0 fully saturated rings. The third kappa shape index (κ3) is 2.90. The molecule has 100 valence electrons. The first-order chi connectivity index (χ1) is 9.09. The van der Waals surface area contributed by atoms with Crippen molar-refractivity contribution in [2.24, 2.45) is 0 Å². The monoisotopic (exact) mass is 262 g/mol. The van der Waals surface area contributed by atoms with Crippen LogP contribution in [0.15, 0.2) is 35.1 Å². The van der Waals surface area contributed by atoms with E-state index in [1.807, 2.05) is 0 Å². The van der Waals surface area contributed by atoms with Crippen LogP contribution in [0, 0.1) is 0 Å². The molecule has 1 N–H and O–H groups in total. The van der Waals surface area contributed by atoms with Crippen molar-refractivity contribution in [3.8, 4) is 5.88 Å². The van der Waals surface area contributed by atoms with E-state index in [-0.39, 0.29) is 23.3 Å². The molecule has 2 amide bonds. The summed E-state index contributed by atoms with van der Waals surface area (Å²) in [4.78, 5) is 35.2. The van der Waals surface area contributed by atoms with Crippen LogP contribution in [0.2, 0.25) is 0 Å². The maximum atomic E-state index is 11.5. The van der Waals surface area contributed by atoms with Crippen LogP contribution >= 0.6 is 0 Å². The normalized spacial score (nSPS) is 14.4. The van der Waals surface area contributed by atoms with E-state index in [0.717, 1.165) is 4.90 Å². The van der Waals surface area contributed by atoms with E-state index in [1.54, 1.807) is 0 Å². The lowest BCUT2D eigenvalue weighted by Gasteiger charge is -2.13. The molecule has 2 heterocycles. The zero-order valence-electron chi connectivity index (χ0n) is 10.3. The molecule has 0 bridgehead atoms. The average molecular weight is 262 g/mol. The van der Waals surface area contributed by atoms with Crippen LogP contribution < -0.4 is 5.56 Å². The Bertz CT molecular complexity index is 571. The molecule has 0 atom stereocenters. The molecular weight excluding hydrogens is 248 g/mol. The number of nitrogens with zero attached hydrogens (tertiary/aromatic N) is 2. The third-order valence-electron chi connectivity index (χ3n) is 2.94. The first-order valence-electron chi connectivity index (χ1n) is 6.02. The van der Waals surface area contributed by atoms with Crippen molar-refractivity contribution < 1.29 is 14.7 Å². The number of hydrogen-bond acceptors (Lipinski definition) is 4. The smallest absolute Gasteiger partial charge is 0.253 e. The lowest BCUT2D eigenvalue weighted by Crippen LogP contribution is -2.31. The van der Waals surface area contributed by atoms with E-state index in [1.165, 1.54) is 34.9 Å². The van der Waals surface area contributed by atoms with Crippen molar-refractivity contribution in [1.82, 2.24) is 9.47 Å². The Morgan fingerprint density at radius 1 is 0.947 bits per heavy atom. The number of aromatic hydroxyl groups is 1. The minimum absolute atomic E-state index is 0.0810. The number of carbonyl (C=O) groups excluding carboxylic acids is 2. The third-order valence-corrected chi connectivity index (χ3v) is 2.94. The summed E-state index contributed by atoms with van der Waals surface area (Å²) in [5, 5.41) is 9.52. The number of unbranched alkanes of at least 4 members (excludes halogenated alkanes) is 1. The summed E-state index contributed by atoms with van der Waals surface area (Å²) < 4.78 is 1.26. The second-order valence-corrected chi connectivity index (χ2v) is 4.24. The molecule has 2 rings (SSSR count). The summed E-state index contributed by atoms with van der Waals surface area (Å²) in [6.07, 6.45) is 3.67. The SMILES string of the molecule is O=C1C=CC(=O)N1CCCCn1c(O)cccc1=O. The topological polar surface area (TPSA) is 79.6 Å². The van der Waals surface area contributed by atoms with Crippen LogP contribution in [0.5, 0.6) is 5.88 Å². The van der Waals surface area contributed by atoms with E-state index < -0.39 is 0 Å². The lowest BCUT2D eigenvalue weighted by atomic mass is 10.3. The highest BCUT2D eigenvalue weighted by molar-refractivity contribution is 6.12. The Balaban J connectivity index is 1.83. The first-order valence-corrected chi connectivity index (χ1v) is 6.02. The molecule has 0 radical (unpaired) electrons. The molecule has 0 saturated heterocycles. The van der Waals surface area contributed by atoms with E-state index in [0.29, 0.717) is 25.9 Å². The van der Waals surface area contributed by atoms with Gasteiger partial charge in [0.05, 0.1) is 0 Å². The number of rotatable bonds is 5. The maximum Gasteiger partial charge on any atom is 0.253 e. The van der Waals surface area contributed by atoms with Gasteiger partial charge in [0.25, 0.3) is 17.4 Å². The van der Waals surface area contributed by atoms with E-state index in [4.69, 9.17) is 0 Å². The summed E-state index contributed by atoms with van der Waals surface area (Å²) in [7, 11) is 0. The minimum atomic E-state index is -0.301. The van der Waals surface area contributed by atoms with Crippen LogP contribution in [0.3, 0.4) is 0 Å². The Morgan fingerprint density at radius 2 is 1.58 bits per heavy atom. The molecule has 1 aromatic rings. The van der Waals surface area contributed by atoms with E-state index in [2.05, 4.69) is 0 Å². The standard InChI is InChI=1S/C13H14N2O4/c16-10-4-3-5-11(17)14(10)8-1-2-9-15-12(18)6-7-13(15)19/h3-7,16H,1-2,8-9H2. The molecule has 1 aromatic heterocycles. The van der Waals surface area contributed by atoms with Crippen LogP contribution in [-0.2, 0) is 16.1 Å². The average Bonchev–Trinajstić information content (AvgIpc) is 2.68. The van der Waals surface area contributed by atoms with Crippen LogP contribution in [0.25, 0.3) is 0 Å². The fourth-order valence-corrected chi connectivity index (χ4v) is 1.93. The number of pyridine rings is 1. The van der Waals surface area contributed by atoms with Gasteiger partial charge in [-0.05, 0) is 18.9 Å². The Labute approximate surface area is 109 Å². The summed E-state index contributed by atoms with van der Waals surface area (Å²) in [6.45, 7) is 0.683. The minimum Gasteiger partial charge on any atom is -0.494 e. The number of aromatic nitrogens is 1. The van der Waals surface area contributed by atoms with Gasteiger partial charge in [-0.1, -0.05) is 6.07 Å². The highest BCUT2D eigenvalue weighted by atomic mass is 16.3. The van der Waals surface area contributed by atoms with Crippen molar-refractivity contribution >= 4 is 11.8 Å². The van der Waals surface area contributed by atoms with Crippen molar-refractivity contribution in [2.45, 2.75) is 19.4 Å². The molecule has 1 aliphatic rings. The second kappa shape index (κ2) is 5.51. The van der Waals surface area contributed by atoms with E-state index >= 15 is 0 Å². The Morgan fingerprint density at radius 3 is 2.21 bits per heavy atom. The van der Waals surface area contributed by atoms with Gasteiger partial charge in [0.1, 0.15) is 0 Å². The van der Waals surface area contributed by atoms with Gasteiger partial charge in [-0.25, -0.2) is 0 Å². The second-order valence-electron chi connectivity index (χ2n) is 4.24. The maximum absolute atomic E-state index is 11.5. The van der Waals surface area contributed by atoms with Gasteiger partial charge in [0.2, 0.25) is 0 Å². The molecule has 0 aromatic carbocycles. The number of hydrogen-bond donors (Lipinski definition) is 1. The first kappa shape index (κ1) is 13.1. The number of amides is 2. The highest BCUT2D eigenvalue weighted by Crippen LogP contribution is 2.08. The largest absolute Gasteiger partial charge is 0.494 e.